The standard InChI is InChI=1S/C6H9IN2OS/c1-4(3-11-2)5-8-6(7)9-10-5/h4H,3H2,1-2H3. The summed E-state index contributed by atoms with van der Waals surface area (Å²) >= 11 is 3.82. The molecular formula is C6H9IN2OS. The lowest BCUT2D eigenvalue weighted by Crippen LogP contribution is -1.96. The summed E-state index contributed by atoms with van der Waals surface area (Å²) in [4.78, 5) is 4.12. The first-order valence-electron chi connectivity index (χ1n) is 3.22. The lowest BCUT2D eigenvalue weighted by atomic mass is 10.2. The summed E-state index contributed by atoms with van der Waals surface area (Å²) in [5, 5.41) is 3.71. The van der Waals surface area contributed by atoms with Crippen molar-refractivity contribution in [2.45, 2.75) is 12.8 Å². The van der Waals surface area contributed by atoms with Crippen LogP contribution in [0.25, 0.3) is 0 Å². The fraction of sp³-hybridized carbons (Fsp3) is 0.667. The van der Waals surface area contributed by atoms with E-state index in [9.17, 15) is 0 Å². The normalized spacial score (nSPS) is 13.4. The molecule has 1 atom stereocenters. The second kappa shape index (κ2) is 4.30. The number of hydrogen-bond donors (Lipinski definition) is 0. The molecule has 1 heterocycles. The molecule has 5 heteroatoms. The summed E-state index contributed by atoms with van der Waals surface area (Å²) in [5.41, 5.74) is 0. The SMILES string of the molecule is CSCC(C)c1nc(I)no1. The van der Waals surface area contributed by atoms with E-state index in [2.05, 4.69) is 23.3 Å². The topological polar surface area (TPSA) is 38.9 Å². The van der Waals surface area contributed by atoms with E-state index in [1.54, 1.807) is 11.8 Å². The van der Waals surface area contributed by atoms with Gasteiger partial charge in [0.25, 0.3) is 0 Å². The number of rotatable bonds is 3. The van der Waals surface area contributed by atoms with Crippen LogP contribution in [0.4, 0.5) is 0 Å². The Morgan fingerprint density at radius 2 is 2.45 bits per heavy atom. The maximum Gasteiger partial charge on any atom is 0.232 e. The third-order valence-corrected chi connectivity index (χ3v) is 2.53. The highest BCUT2D eigenvalue weighted by Crippen LogP contribution is 2.17. The Morgan fingerprint density at radius 3 is 2.91 bits per heavy atom. The smallest absolute Gasteiger partial charge is 0.232 e. The highest BCUT2D eigenvalue weighted by molar-refractivity contribution is 14.1. The summed E-state index contributed by atoms with van der Waals surface area (Å²) < 4.78 is 5.68. The predicted molar refractivity (Wildman–Crippen MR) is 53.8 cm³/mol. The van der Waals surface area contributed by atoms with Crippen LogP contribution < -0.4 is 0 Å². The Bertz CT molecular complexity index is 228. The molecule has 0 bridgehead atoms. The van der Waals surface area contributed by atoms with Crippen LogP contribution in [0.2, 0.25) is 0 Å². The number of aromatic nitrogens is 2. The van der Waals surface area contributed by atoms with Gasteiger partial charge in [-0.3, -0.25) is 0 Å². The average molecular weight is 284 g/mol. The molecule has 1 aromatic heterocycles. The number of halogens is 1. The van der Waals surface area contributed by atoms with Crippen LogP contribution in [0.15, 0.2) is 4.52 Å². The number of thioether (sulfide) groups is 1. The van der Waals surface area contributed by atoms with Gasteiger partial charge in [-0.25, -0.2) is 0 Å². The molecule has 0 aliphatic heterocycles. The van der Waals surface area contributed by atoms with Crippen LogP contribution in [0.3, 0.4) is 0 Å². The molecule has 0 aromatic carbocycles. The molecule has 0 saturated heterocycles. The van der Waals surface area contributed by atoms with Crippen LogP contribution in [0.1, 0.15) is 18.7 Å². The van der Waals surface area contributed by atoms with Gasteiger partial charge in [-0.2, -0.15) is 16.7 Å². The number of nitrogens with zero attached hydrogens (tertiary/aromatic N) is 2. The molecule has 0 aliphatic carbocycles. The minimum atomic E-state index is 0.362. The quantitative estimate of drug-likeness (QED) is 0.797. The van der Waals surface area contributed by atoms with Crippen LogP contribution in [0, 0.1) is 3.83 Å². The Morgan fingerprint density at radius 1 is 1.73 bits per heavy atom. The van der Waals surface area contributed by atoms with Crippen LogP contribution in [-0.2, 0) is 0 Å². The minimum absolute atomic E-state index is 0.362. The van der Waals surface area contributed by atoms with Crippen LogP contribution >= 0.6 is 34.4 Å². The van der Waals surface area contributed by atoms with Gasteiger partial charge in [0.05, 0.1) is 0 Å². The van der Waals surface area contributed by atoms with Gasteiger partial charge in [-0.15, -0.1) is 0 Å². The summed E-state index contributed by atoms with van der Waals surface area (Å²) in [6.45, 7) is 2.08. The highest BCUT2D eigenvalue weighted by Gasteiger charge is 2.11. The zero-order chi connectivity index (χ0) is 8.27. The van der Waals surface area contributed by atoms with Crippen molar-refractivity contribution in [2.24, 2.45) is 0 Å². The van der Waals surface area contributed by atoms with Crippen LogP contribution in [0.5, 0.6) is 0 Å². The van der Waals surface area contributed by atoms with Crippen molar-refractivity contribution < 1.29 is 4.52 Å². The molecule has 1 unspecified atom stereocenters. The molecule has 0 N–H and O–H groups in total. The second-order valence-electron chi connectivity index (χ2n) is 2.26. The van der Waals surface area contributed by atoms with Gasteiger partial charge in [0, 0.05) is 34.3 Å². The fourth-order valence-electron chi connectivity index (χ4n) is 0.738. The van der Waals surface area contributed by atoms with E-state index in [4.69, 9.17) is 4.52 Å². The predicted octanol–water partition coefficient (Wildman–Crippen LogP) is 2.14. The first kappa shape index (κ1) is 9.31. The molecule has 1 aromatic rings. The molecule has 3 nitrogen and oxygen atoms in total. The van der Waals surface area contributed by atoms with Gasteiger partial charge in [-0.1, -0.05) is 12.1 Å². The third kappa shape index (κ3) is 2.62. The molecule has 0 aliphatic rings. The van der Waals surface area contributed by atoms with Gasteiger partial charge in [-0.05, 0) is 6.26 Å². The van der Waals surface area contributed by atoms with Gasteiger partial charge in [0.1, 0.15) is 0 Å². The van der Waals surface area contributed by atoms with Gasteiger partial charge >= 0.3 is 0 Å². The van der Waals surface area contributed by atoms with Crippen LogP contribution in [-0.4, -0.2) is 22.1 Å². The molecule has 0 saturated carbocycles. The highest BCUT2D eigenvalue weighted by atomic mass is 127. The largest absolute Gasteiger partial charge is 0.338 e. The van der Waals surface area contributed by atoms with E-state index in [1.165, 1.54) is 0 Å². The van der Waals surface area contributed by atoms with Crippen molar-refractivity contribution in [3.63, 3.8) is 0 Å². The van der Waals surface area contributed by atoms with Crippen molar-refractivity contribution in [1.29, 1.82) is 0 Å². The zero-order valence-electron chi connectivity index (χ0n) is 6.37. The molecule has 1 rings (SSSR count). The molecule has 0 amide bonds. The summed E-state index contributed by atoms with van der Waals surface area (Å²) in [6.07, 6.45) is 2.07. The Kier molecular flexibility index (Phi) is 3.64. The fourth-order valence-corrected chi connectivity index (χ4v) is 1.72. The molecule has 62 valence electrons. The molecular weight excluding hydrogens is 275 g/mol. The summed E-state index contributed by atoms with van der Waals surface area (Å²) in [5.74, 6) is 2.13. The molecule has 0 fully saturated rings. The van der Waals surface area contributed by atoms with Gasteiger partial charge < -0.3 is 4.52 Å². The Balaban J connectivity index is 2.60. The lowest BCUT2D eigenvalue weighted by Gasteiger charge is -2.00. The minimum Gasteiger partial charge on any atom is -0.338 e. The first-order valence-corrected chi connectivity index (χ1v) is 5.69. The monoisotopic (exact) mass is 284 g/mol. The van der Waals surface area contributed by atoms with E-state index in [0.29, 0.717) is 9.75 Å². The van der Waals surface area contributed by atoms with E-state index >= 15 is 0 Å². The van der Waals surface area contributed by atoms with Crippen molar-refractivity contribution in [2.75, 3.05) is 12.0 Å². The maximum atomic E-state index is 5.00. The third-order valence-electron chi connectivity index (χ3n) is 1.26. The lowest BCUT2D eigenvalue weighted by molar-refractivity contribution is 0.363. The zero-order valence-corrected chi connectivity index (χ0v) is 9.35. The molecule has 11 heavy (non-hydrogen) atoms. The maximum absolute atomic E-state index is 5.00. The Hall–Kier alpha value is 0.220. The number of hydrogen-bond acceptors (Lipinski definition) is 4. The van der Waals surface area contributed by atoms with Crippen molar-refractivity contribution in [3.05, 3.63) is 9.72 Å². The summed E-state index contributed by atoms with van der Waals surface area (Å²) in [7, 11) is 0. The first-order chi connectivity index (χ1) is 5.24. The van der Waals surface area contributed by atoms with E-state index < -0.39 is 0 Å². The molecule has 0 radical (unpaired) electrons. The van der Waals surface area contributed by atoms with Crippen molar-refractivity contribution in [1.82, 2.24) is 10.1 Å². The second-order valence-corrected chi connectivity index (χ2v) is 4.13. The van der Waals surface area contributed by atoms with E-state index in [0.717, 1.165) is 11.6 Å². The van der Waals surface area contributed by atoms with E-state index in [-0.39, 0.29) is 0 Å². The van der Waals surface area contributed by atoms with Crippen molar-refractivity contribution in [3.8, 4) is 0 Å². The van der Waals surface area contributed by atoms with E-state index in [1.807, 2.05) is 22.6 Å². The summed E-state index contributed by atoms with van der Waals surface area (Å²) in [6, 6.07) is 0. The molecule has 0 spiro atoms. The van der Waals surface area contributed by atoms with Crippen molar-refractivity contribution >= 4 is 34.4 Å². The van der Waals surface area contributed by atoms with Gasteiger partial charge in [0.2, 0.25) is 9.72 Å². The Labute approximate surface area is 83.5 Å². The van der Waals surface area contributed by atoms with Gasteiger partial charge in [0.15, 0.2) is 0 Å². The average Bonchev–Trinajstić information content (AvgIpc) is 2.36.